The van der Waals surface area contributed by atoms with Gasteiger partial charge in [-0.2, -0.15) is 0 Å². The number of halogens is 2. The van der Waals surface area contributed by atoms with Gasteiger partial charge >= 0.3 is 0 Å². The Morgan fingerprint density at radius 1 is 0.971 bits per heavy atom. The van der Waals surface area contributed by atoms with Gasteiger partial charge < -0.3 is 15.1 Å². The van der Waals surface area contributed by atoms with Gasteiger partial charge in [0.15, 0.2) is 11.5 Å². The number of aromatic nitrogens is 2. The number of pyridine rings is 1. The van der Waals surface area contributed by atoms with E-state index in [1.807, 2.05) is 31.2 Å². The molecular formula is C27H27ClFN5O. The normalized spacial score (nSPS) is 13.9. The minimum atomic E-state index is -0.439. The molecule has 0 saturated carbocycles. The summed E-state index contributed by atoms with van der Waals surface area (Å²) in [5.74, 6) is -0.701. The lowest BCUT2D eigenvalue weighted by Crippen LogP contribution is -2.46. The summed E-state index contributed by atoms with van der Waals surface area (Å²) >= 11 is 6.01. The van der Waals surface area contributed by atoms with Crippen molar-refractivity contribution < 1.29 is 9.18 Å². The largest absolute Gasteiger partial charge is 0.368 e. The molecule has 1 fully saturated rings. The second kappa shape index (κ2) is 9.96. The molecule has 0 bridgehead atoms. The Labute approximate surface area is 208 Å². The van der Waals surface area contributed by atoms with Gasteiger partial charge in [-0.25, -0.2) is 9.37 Å². The maximum atomic E-state index is 14.1. The van der Waals surface area contributed by atoms with Crippen molar-refractivity contribution in [2.45, 2.75) is 19.9 Å². The number of hydrogen-bond donors (Lipinski definition) is 1. The maximum Gasteiger partial charge on any atom is 0.270 e. The molecule has 0 unspecified atom stereocenters. The highest BCUT2D eigenvalue weighted by Gasteiger charge is 2.20. The lowest BCUT2D eigenvalue weighted by Gasteiger charge is -2.37. The molecule has 2 aromatic carbocycles. The third-order valence-corrected chi connectivity index (χ3v) is 6.70. The zero-order valence-electron chi connectivity index (χ0n) is 19.5. The number of carbonyl (C=O) groups excluding carboxylic acids is 1. The van der Waals surface area contributed by atoms with E-state index in [-0.39, 0.29) is 11.6 Å². The molecule has 5 rings (SSSR count). The predicted molar refractivity (Wildman–Crippen MR) is 138 cm³/mol. The van der Waals surface area contributed by atoms with E-state index < -0.39 is 5.82 Å². The van der Waals surface area contributed by atoms with Crippen molar-refractivity contribution in [3.63, 3.8) is 0 Å². The highest BCUT2D eigenvalue weighted by Crippen LogP contribution is 2.23. The molecule has 6 nitrogen and oxygen atoms in total. The summed E-state index contributed by atoms with van der Waals surface area (Å²) in [5.41, 5.74) is 4.51. The maximum absolute atomic E-state index is 14.1. The average molecular weight is 492 g/mol. The van der Waals surface area contributed by atoms with Crippen LogP contribution < -0.4 is 15.1 Å². The van der Waals surface area contributed by atoms with Crippen molar-refractivity contribution in [3.8, 4) is 0 Å². The van der Waals surface area contributed by atoms with Crippen LogP contribution in [0.3, 0.4) is 0 Å². The first kappa shape index (κ1) is 23.2. The van der Waals surface area contributed by atoms with E-state index in [2.05, 4.69) is 44.4 Å². The number of hydrogen-bond acceptors (Lipinski definition) is 4. The van der Waals surface area contributed by atoms with E-state index in [0.29, 0.717) is 24.4 Å². The lowest BCUT2D eigenvalue weighted by molar-refractivity contribution is 0.0944. The van der Waals surface area contributed by atoms with E-state index in [9.17, 15) is 9.18 Å². The quantitative estimate of drug-likeness (QED) is 0.415. The molecule has 1 aliphatic heterocycles. The molecule has 1 amide bonds. The molecule has 8 heteroatoms. The molecule has 180 valence electrons. The summed E-state index contributed by atoms with van der Waals surface area (Å²) < 4.78 is 15.6. The summed E-state index contributed by atoms with van der Waals surface area (Å²) in [6, 6.07) is 19.2. The van der Waals surface area contributed by atoms with Gasteiger partial charge in [-0.1, -0.05) is 30.7 Å². The Balaban J connectivity index is 1.20. The third-order valence-electron chi connectivity index (χ3n) is 6.45. The minimum absolute atomic E-state index is 0.176. The van der Waals surface area contributed by atoms with Crippen molar-refractivity contribution in [1.29, 1.82) is 0 Å². The number of imidazole rings is 1. The average Bonchev–Trinajstić information content (AvgIpc) is 3.28. The monoisotopic (exact) mass is 491 g/mol. The van der Waals surface area contributed by atoms with Crippen LogP contribution in [0.15, 0.2) is 66.9 Å². The van der Waals surface area contributed by atoms with Gasteiger partial charge in [0.2, 0.25) is 0 Å². The van der Waals surface area contributed by atoms with Crippen LogP contribution in [0.5, 0.6) is 0 Å². The van der Waals surface area contributed by atoms with Crippen LogP contribution in [0.2, 0.25) is 5.02 Å². The number of piperazine rings is 1. The van der Waals surface area contributed by atoms with Crippen molar-refractivity contribution in [3.05, 3.63) is 94.7 Å². The number of amides is 1. The van der Waals surface area contributed by atoms with Crippen LogP contribution in [0, 0.1) is 5.82 Å². The van der Waals surface area contributed by atoms with Gasteiger partial charge in [-0.3, -0.25) is 9.20 Å². The van der Waals surface area contributed by atoms with Gasteiger partial charge in [0.1, 0.15) is 5.69 Å². The number of anilines is 2. The predicted octanol–water partition coefficient (Wildman–Crippen LogP) is 4.95. The van der Waals surface area contributed by atoms with E-state index in [1.54, 1.807) is 12.3 Å². The SMILES string of the molecule is CCc1nc2c(F)cccn2c1C(=O)NCc1ccc(N2CCN(c3ccc(Cl)cc3)CC2)cc1. The van der Waals surface area contributed by atoms with Crippen LogP contribution in [0.4, 0.5) is 15.8 Å². The van der Waals surface area contributed by atoms with Crippen molar-refractivity contribution in [2.24, 2.45) is 0 Å². The Morgan fingerprint density at radius 3 is 2.17 bits per heavy atom. The summed E-state index contributed by atoms with van der Waals surface area (Å²) in [6.07, 6.45) is 2.21. The van der Waals surface area contributed by atoms with Gasteiger partial charge in [0.05, 0.1) is 5.69 Å². The molecule has 0 spiro atoms. The van der Waals surface area contributed by atoms with Crippen molar-refractivity contribution in [1.82, 2.24) is 14.7 Å². The zero-order valence-corrected chi connectivity index (χ0v) is 20.3. The summed E-state index contributed by atoms with van der Waals surface area (Å²) in [6.45, 7) is 6.05. The van der Waals surface area contributed by atoms with Crippen molar-refractivity contribution in [2.75, 3.05) is 36.0 Å². The molecule has 35 heavy (non-hydrogen) atoms. The number of nitrogens with one attached hydrogen (secondary N) is 1. The van der Waals surface area contributed by atoms with E-state index in [4.69, 9.17) is 11.6 Å². The topological polar surface area (TPSA) is 52.9 Å². The zero-order chi connectivity index (χ0) is 24.4. The van der Waals surface area contributed by atoms with Crippen LogP contribution in [0.1, 0.15) is 28.7 Å². The van der Waals surface area contributed by atoms with Gasteiger partial charge in [-0.15, -0.1) is 0 Å². The fraction of sp³-hybridized carbons (Fsp3) is 0.259. The number of benzene rings is 2. The lowest BCUT2D eigenvalue weighted by atomic mass is 10.1. The molecule has 3 heterocycles. The molecule has 1 saturated heterocycles. The standard InChI is InChI=1S/C27H27ClFN5O/c1-2-24-25(34-13-3-4-23(29)26(34)31-24)27(35)30-18-19-5-9-21(10-6-19)32-14-16-33(17-15-32)22-11-7-20(28)8-12-22/h3-13H,2,14-18H2,1H3,(H,30,35). The fourth-order valence-corrected chi connectivity index (χ4v) is 4.66. The summed E-state index contributed by atoms with van der Waals surface area (Å²) in [4.78, 5) is 22.0. The molecular weight excluding hydrogens is 465 g/mol. The first-order valence-electron chi connectivity index (χ1n) is 11.8. The number of carbonyl (C=O) groups is 1. The van der Waals surface area contributed by atoms with Crippen LogP contribution in [-0.4, -0.2) is 41.5 Å². The first-order chi connectivity index (χ1) is 17.0. The number of nitrogens with zero attached hydrogens (tertiary/aromatic N) is 4. The number of fused-ring (bicyclic) bond motifs is 1. The second-order valence-electron chi connectivity index (χ2n) is 8.61. The molecule has 1 N–H and O–H groups in total. The molecule has 4 aromatic rings. The first-order valence-corrected chi connectivity index (χ1v) is 12.2. The molecule has 0 aliphatic carbocycles. The highest BCUT2D eigenvalue weighted by molar-refractivity contribution is 6.30. The van der Waals surface area contributed by atoms with Gasteiger partial charge in [-0.05, 0) is 60.5 Å². The van der Waals surface area contributed by atoms with Gasteiger partial charge in [0, 0.05) is 55.3 Å². The van der Waals surface area contributed by atoms with Gasteiger partial charge in [0.25, 0.3) is 5.91 Å². The minimum Gasteiger partial charge on any atom is -0.368 e. The Hall–Kier alpha value is -3.58. The Bertz CT molecular complexity index is 1330. The highest BCUT2D eigenvalue weighted by atomic mass is 35.5. The fourth-order valence-electron chi connectivity index (χ4n) is 4.53. The van der Waals surface area contributed by atoms with E-state index in [1.165, 1.54) is 21.8 Å². The number of rotatable bonds is 6. The van der Waals surface area contributed by atoms with Crippen LogP contribution in [-0.2, 0) is 13.0 Å². The summed E-state index contributed by atoms with van der Waals surface area (Å²) in [5, 5.41) is 3.71. The number of aryl methyl sites for hydroxylation is 1. The third kappa shape index (κ3) is 4.82. The Morgan fingerprint density at radius 2 is 1.57 bits per heavy atom. The van der Waals surface area contributed by atoms with E-state index in [0.717, 1.165) is 36.8 Å². The summed E-state index contributed by atoms with van der Waals surface area (Å²) in [7, 11) is 0. The van der Waals surface area contributed by atoms with Crippen LogP contribution in [0.25, 0.3) is 5.65 Å². The Kier molecular flexibility index (Phi) is 6.59. The molecule has 0 radical (unpaired) electrons. The molecule has 1 aliphatic rings. The molecule has 2 aromatic heterocycles. The smallest absolute Gasteiger partial charge is 0.270 e. The van der Waals surface area contributed by atoms with Crippen LogP contribution >= 0.6 is 11.6 Å². The second-order valence-corrected chi connectivity index (χ2v) is 9.05. The van der Waals surface area contributed by atoms with E-state index >= 15 is 0 Å². The molecule has 0 atom stereocenters. The van der Waals surface area contributed by atoms with Crippen molar-refractivity contribution >= 4 is 34.5 Å².